The highest BCUT2D eigenvalue weighted by molar-refractivity contribution is 6.30. The minimum absolute atomic E-state index is 0.0440. The van der Waals surface area contributed by atoms with E-state index >= 15 is 0 Å². The van der Waals surface area contributed by atoms with Crippen LogP contribution in [0.25, 0.3) is 0 Å². The normalized spacial score (nSPS) is 12.2. The van der Waals surface area contributed by atoms with Gasteiger partial charge in [-0.1, -0.05) is 23.7 Å². The monoisotopic (exact) mass is 273 g/mol. The van der Waals surface area contributed by atoms with Crippen molar-refractivity contribution in [2.24, 2.45) is 0 Å². The zero-order valence-electron chi connectivity index (χ0n) is 8.49. The Labute approximate surface area is 99.6 Å². The third kappa shape index (κ3) is 3.81. The van der Waals surface area contributed by atoms with Crippen LogP contribution in [0, 0.1) is 5.82 Å². The van der Waals surface area contributed by atoms with Crippen LogP contribution in [0.15, 0.2) is 18.2 Å². The number of alkyl halides is 4. The van der Waals surface area contributed by atoms with Gasteiger partial charge in [0.15, 0.2) is 0 Å². The van der Waals surface area contributed by atoms with Gasteiger partial charge >= 0.3 is 12.3 Å². The second-order valence-electron chi connectivity index (χ2n) is 3.38. The van der Waals surface area contributed by atoms with E-state index in [1.54, 1.807) is 0 Å². The standard InChI is InChI=1S/C10H9ClF5N/c11-7-3-1-2-6(8(7)12)4-17-5-10(15,16)9(13)14/h1-3,9,17H,4-5H2. The van der Waals surface area contributed by atoms with Crippen LogP contribution in [-0.4, -0.2) is 18.9 Å². The quantitative estimate of drug-likeness (QED) is 0.810. The average Bonchev–Trinajstić information content (AvgIpc) is 2.24. The fourth-order valence-corrected chi connectivity index (χ4v) is 1.32. The summed E-state index contributed by atoms with van der Waals surface area (Å²) < 4.78 is 61.9. The van der Waals surface area contributed by atoms with Crippen LogP contribution in [0.1, 0.15) is 5.56 Å². The lowest BCUT2D eigenvalue weighted by Gasteiger charge is -2.16. The van der Waals surface area contributed by atoms with Gasteiger partial charge in [-0.3, -0.25) is 0 Å². The largest absolute Gasteiger partial charge is 0.319 e. The topological polar surface area (TPSA) is 12.0 Å². The molecule has 0 aromatic heterocycles. The molecule has 0 spiro atoms. The zero-order valence-corrected chi connectivity index (χ0v) is 9.25. The first kappa shape index (κ1) is 14.2. The molecule has 0 heterocycles. The van der Waals surface area contributed by atoms with E-state index in [1.165, 1.54) is 18.2 Å². The van der Waals surface area contributed by atoms with Gasteiger partial charge in [0, 0.05) is 12.1 Å². The SMILES string of the molecule is Fc1c(Cl)cccc1CNCC(F)(F)C(F)F. The molecule has 1 nitrogen and oxygen atoms in total. The Morgan fingerprint density at radius 3 is 2.53 bits per heavy atom. The second-order valence-corrected chi connectivity index (χ2v) is 3.79. The Morgan fingerprint density at radius 2 is 1.94 bits per heavy atom. The van der Waals surface area contributed by atoms with Crippen LogP contribution in [0.3, 0.4) is 0 Å². The van der Waals surface area contributed by atoms with Crippen molar-refractivity contribution >= 4 is 11.6 Å². The fraction of sp³-hybridized carbons (Fsp3) is 0.400. The lowest BCUT2D eigenvalue weighted by Crippen LogP contribution is -2.38. The highest BCUT2D eigenvalue weighted by Crippen LogP contribution is 2.22. The van der Waals surface area contributed by atoms with Crippen LogP contribution in [0.4, 0.5) is 22.0 Å². The van der Waals surface area contributed by atoms with Gasteiger partial charge in [-0.15, -0.1) is 0 Å². The summed E-state index contributed by atoms with van der Waals surface area (Å²) in [5.74, 6) is -4.88. The molecule has 0 saturated carbocycles. The first-order chi connectivity index (χ1) is 7.84. The van der Waals surface area contributed by atoms with Gasteiger partial charge in [0.2, 0.25) is 0 Å². The van der Waals surface area contributed by atoms with Crippen molar-refractivity contribution in [3.8, 4) is 0 Å². The summed E-state index contributed by atoms with van der Waals surface area (Å²) in [6, 6.07) is 4.07. The van der Waals surface area contributed by atoms with Crippen LogP contribution in [-0.2, 0) is 6.54 Å². The molecule has 17 heavy (non-hydrogen) atoms. The molecule has 96 valence electrons. The second kappa shape index (κ2) is 5.64. The minimum Gasteiger partial charge on any atom is -0.307 e. The highest BCUT2D eigenvalue weighted by Gasteiger charge is 2.39. The molecule has 0 aliphatic carbocycles. The number of benzene rings is 1. The minimum atomic E-state index is -4.13. The molecule has 0 radical (unpaired) electrons. The smallest absolute Gasteiger partial charge is 0.307 e. The lowest BCUT2D eigenvalue weighted by molar-refractivity contribution is -0.125. The predicted octanol–water partition coefficient (Wildman–Crippen LogP) is 3.47. The van der Waals surface area contributed by atoms with Gasteiger partial charge in [0.1, 0.15) is 5.82 Å². The van der Waals surface area contributed by atoms with Crippen molar-refractivity contribution < 1.29 is 22.0 Å². The number of rotatable bonds is 5. The van der Waals surface area contributed by atoms with Gasteiger partial charge in [-0.25, -0.2) is 13.2 Å². The van der Waals surface area contributed by atoms with Crippen LogP contribution in [0.2, 0.25) is 5.02 Å². The van der Waals surface area contributed by atoms with Crippen molar-refractivity contribution in [3.63, 3.8) is 0 Å². The highest BCUT2D eigenvalue weighted by atomic mass is 35.5. The number of nitrogens with one attached hydrogen (secondary N) is 1. The molecular weight excluding hydrogens is 265 g/mol. The summed E-state index contributed by atoms with van der Waals surface area (Å²) in [6.07, 6.45) is -3.75. The molecule has 0 aliphatic rings. The Kier molecular flexibility index (Phi) is 4.70. The molecular formula is C10H9ClF5N. The van der Waals surface area contributed by atoms with Crippen molar-refractivity contribution in [1.29, 1.82) is 0 Å². The van der Waals surface area contributed by atoms with Crippen LogP contribution in [0.5, 0.6) is 0 Å². The summed E-state index contributed by atoms with van der Waals surface area (Å²) in [5, 5.41) is 1.91. The van der Waals surface area contributed by atoms with E-state index in [0.29, 0.717) is 0 Å². The molecule has 0 atom stereocenters. The predicted molar refractivity (Wildman–Crippen MR) is 54.1 cm³/mol. The fourth-order valence-electron chi connectivity index (χ4n) is 1.13. The summed E-state index contributed by atoms with van der Waals surface area (Å²) in [4.78, 5) is 0. The lowest BCUT2D eigenvalue weighted by atomic mass is 10.2. The molecule has 0 unspecified atom stereocenters. The van der Waals surface area contributed by atoms with E-state index in [1.807, 2.05) is 0 Å². The first-order valence-corrected chi connectivity index (χ1v) is 5.02. The van der Waals surface area contributed by atoms with Crippen LogP contribution < -0.4 is 5.32 Å². The van der Waals surface area contributed by atoms with Crippen molar-refractivity contribution in [1.82, 2.24) is 5.32 Å². The summed E-state index contributed by atoms with van der Waals surface area (Å²) in [6.45, 7) is -1.52. The number of halogens is 6. The summed E-state index contributed by atoms with van der Waals surface area (Å²) in [5.41, 5.74) is 0.0440. The molecule has 7 heteroatoms. The molecule has 1 aromatic rings. The van der Waals surface area contributed by atoms with Gasteiger partial charge in [-0.05, 0) is 6.07 Å². The maximum atomic E-state index is 13.3. The molecule has 0 fully saturated rings. The Hall–Kier alpha value is -0.880. The maximum Gasteiger partial charge on any atom is 0.319 e. The van der Waals surface area contributed by atoms with E-state index in [4.69, 9.17) is 11.6 Å². The molecule has 0 bridgehead atoms. The van der Waals surface area contributed by atoms with Crippen molar-refractivity contribution in [2.75, 3.05) is 6.54 Å². The molecule has 1 N–H and O–H groups in total. The molecule has 1 rings (SSSR count). The molecule has 0 aliphatic heterocycles. The Bertz CT molecular complexity index is 383. The summed E-state index contributed by atoms with van der Waals surface area (Å²) in [7, 11) is 0. The summed E-state index contributed by atoms with van der Waals surface area (Å²) >= 11 is 5.46. The first-order valence-electron chi connectivity index (χ1n) is 4.64. The average molecular weight is 274 g/mol. The Morgan fingerprint density at radius 1 is 1.29 bits per heavy atom. The van der Waals surface area contributed by atoms with Crippen LogP contribution >= 0.6 is 11.6 Å². The van der Waals surface area contributed by atoms with Gasteiger partial charge < -0.3 is 5.32 Å². The number of hydrogen-bond acceptors (Lipinski definition) is 1. The van der Waals surface area contributed by atoms with Crippen molar-refractivity contribution in [3.05, 3.63) is 34.6 Å². The van der Waals surface area contributed by atoms with E-state index in [9.17, 15) is 22.0 Å². The zero-order chi connectivity index (χ0) is 13.1. The van der Waals surface area contributed by atoms with Gasteiger partial charge in [0.25, 0.3) is 0 Å². The van der Waals surface area contributed by atoms with Crippen molar-refractivity contribution in [2.45, 2.75) is 18.9 Å². The third-order valence-electron chi connectivity index (χ3n) is 2.03. The third-order valence-corrected chi connectivity index (χ3v) is 2.32. The molecule has 0 saturated heterocycles. The van der Waals surface area contributed by atoms with Gasteiger partial charge in [-0.2, -0.15) is 8.78 Å². The molecule has 0 amide bonds. The van der Waals surface area contributed by atoms with E-state index in [2.05, 4.69) is 5.32 Å². The number of hydrogen-bond donors (Lipinski definition) is 1. The van der Waals surface area contributed by atoms with E-state index < -0.39 is 24.7 Å². The Balaban J connectivity index is 2.55. The van der Waals surface area contributed by atoms with Gasteiger partial charge in [0.05, 0.1) is 11.6 Å². The molecule has 1 aromatic carbocycles. The maximum absolute atomic E-state index is 13.3. The van der Waals surface area contributed by atoms with E-state index in [0.717, 1.165) is 0 Å². The van der Waals surface area contributed by atoms with E-state index in [-0.39, 0.29) is 17.1 Å².